The third kappa shape index (κ3) is 5.88. The fourth-order valence-electron chi connectivity index (χ4n) is 2.90. The summed E-state index contributed by atoms with van der Waals surface area (Å²) in [5.74, 6) is -0.704. The van der Waals surface area contributed by atoms with Crippen LogP contribution in [-0.2, 0) is 20.9 Å². The number of carbonyl (C=O) groups is 3. The van der Waals surface area contributed by atoms with E-state index in [9.17, 15) is 18.8 Å². The van der Waals surface area contributed by atoms with E-state index in [0.29, 0.717) is 22.6 Å². The first-order chi connectivity index (χ1) is 15.3. The lowest BCUT2D eigenvalue weighted by Gasteiger charge is -2.13. The van der Waals surface area contributed by atoms with Crippen molar-refractivity contribution in [2.45, 2.75) is 26.6 Å². The molecule has 1 aliphatic heterocycles. The molecule has 0 bridgehead atoms. The van der Waals surface area contributed by atoms with Crippen molar-refractivity contribution in [1.82, 2.24) is 4.90 Å². The van der Waals surface area contributed by atoms with Crippen molar-refractivity contribution in [1.29, 1.82) is 0 Å². The first kappa shape index (κ1) is 23.3. The Morgan fingerprint density at radius 2 is 1.94 bits per heavy atom. The van der Waals surface area contributed by atoms with Crippen molar-refractivity contribution in [3.8, 4) is 11.5 Å². The average Bonchev–Trinajstić information content (AvgIpc) is 2.99. The van der Waals surface area contributed by atoms with E-state index in [4.69, 9.17) is 14.2 Å². The summed E-state index contributed by atoms with van der Waals surface area (Å²) in [6, 6.07) is 11.1. The number of rotatable bonds is 8. The van der Waals surface area contributed by atoms with Crippen LogP contribution in [0.5, 0.6) is 11.5 Å². The highest BCUT2D eigenvalue weighted by Crippen LogP contribution is 2.34. The van der Waals surface area contributed by atoms with Gasteiger partial charge in [-0.1, -0.05) is 18.2 Å². The number of ether oxygens (including phenoxy) is 3. The van der Waals surface area contributed by atoms with E-state index in [1.54, 1.807) is 44.2 Å². The Morgan fingerprint density at radius 3 is 2.62 bits per heavy atom. The highest BCUT2D eigenvalue weighted by molar-refractivity contribution is 8.18. The van der Waals surface area contributed by atoms with Gasteiger partial charge in [0.25, 0.3) is 11.1 Å². The lowest BCUT2D eigenvalue weighted by molar-refractivity contribution is -0.149. The van der Waals surface area contributed by atoms with E-state index < -0.39 is 23.7 Å². The Morgan fingerprint density at radius 1 is 1.16 bits per heavy atom. The van der Waals surface area contributed by atoms with Gasteiger partial charge in [-0.25, -0.2) is 4.39 Å². The van der Waals surface area contributed by atoms with Crippen LogP contribution < -0.4 is 9.47 Å². The summed E-state index contributed by atoms with van der Waals surface area (Å²) in [5.41, 5.74) is 1.27. The van der Waals surface area contributed by atoms with Gasteiger partial charge in [-0.05, 0) is 67.1 Å². The van der Waals surface area contributed by atoms with Gasteiger partial charge in [-0.15, -0.1) is 0 Å². The first-order valence-corrected chi connectivity index (χ1v) is 10.6. The van der Waals surface area contributed by atoms with E-state index in [0.717, 1.165) is 16.7 Å². The van der Waals surface area contributed by atoms with Crippen molar-refractivity contribution >= 4 is 35.0 Å². The Kier molecular flexibility index (Phi) is 7.53. The number of benzene rings is 2. The zero-order valence-corrected chi connectivity index (χ0v) is 18.6. The van der Waals surface area contributed by atoms with Crippen molar-refractivity contribution in [3.63, 3.8) is 0 Å². The summed E-state index contributed by atoms with van der Waals surface area (Å²) in [6.45, 7) is 3.09. The number of hydrogen-bond donors (Lipinski definition) is 0. The van der Waals surface area contributed by atoms with Crippen LogP contribution in [0.3, 0.4) is 0 Å². The summed E-state index contributed by atoms with van der Waals surface area (Å²) in [6.07, 6.45) is 1.20. The molecule has 1 fully saturated rings. The molecule has 0 saturated carbocycles. The molecule has 0 N–H and O–H groups in total. The second-order valence-corrected chi connectivity index (χ2v) is 8.13. The summed E-state index contributed by atoms with van der Waals surface area (Å²) < 4.78 is 29.4. The molecule has 0 unspecified atom stereocenters. The number of halogens is 1. The molecule has 1 heterocycles. The number of imide groups is 1. The van der Waals surface area contributed by atoms with Crippen molar-refractivity contribution in [3.05, 3.63) is 64.3 Å². The quantitative estimate of drug-likeness (QED) is 0.427. The number of thioether (sulfide) groups is 1. The molecule has 7 nitrogen and oxygen atoms in total. The maximum atomic E-state index is 13.3. The third-order valence-corrected chi connectivity index (χ3v) is 5.20. The van der Waals surface area contributed by atoms with E-state index >= 15 is 0 Å². The zero-order valence-electron chi connectivity index (χ0n) is 17.8. The van der Waals surface area contributed by atoms with Crippen LogP contribution >= 0.6 is 11.8 Å². The van der Waals surface area contributed by atoms with Crippen LogP contribution in [-0.4, -0.2) is 41.8 Å². The second kappa shape index (κ2) is 10.3. The second-order valence-electron chi connectivity index (χ2n) is 7.14. The molecule has 168 valence electrons. The van der Waals surface area contributed by atoms with Gasteiger partial charge in [0.05, 0.1) is 18.1 Å². The van der Waals surface area contributed by atoms with Gasteiger partial charge >= 0.3 is 5.97 Å². The molecule has 32 heavy (non-hydrogen) atoms. The Hall–Kier alpha value is -3.33. The van der Waals surface area contributed by atoms with E-state index in [1.165, 1.54) is 25.3 Å². The molecule has 2 aromatic rings. The van der Waals surface area contributed by atoms with Crippen molar-refractivity contribution < 1.29 is 33.0 Å². The molecular weight excluding hydrogens is 437 g/mol. The van der Waals surface area contributed by atoms with Gasteiger partial charge in [0.1, 0.15) is 19.0 Å². The summed E-state index contributed by atoms with van der Waals surface area (Å²) in [5, 5.41) is -0.538. The Labute approximate surface area is 189 Å². The van der Waals surface area contributed by atoms with Crippen LogP contribution in [0.1, 0.15) is 25.0 Å². The van der Waals surface area contributed by atoms with Gasteiger partial charge in [0, 0.05) is 0 Å². The highest BCUT2D eigenvalue weighted by Gasteiger charge is 2.36. The maximum Gasteiger partial charge on any atom is 0.326 e. The summed E-state index contributed by atoms with van der Waals surface area (Å²) in [4.78, 5) is 37.6. The van der Waals surface area contributed by atoms with E-state index in [2.05, 4.69) is 0 Å². The van der Waals surface area contributed by atoms with Crippen LogP contribution in [0.25, 0.3) is 6.08 Å². The van der Waals surface area contributed by atoms with Gasteiger partial charge in [0.2, 0.25) is 0 Å². The predicted octanol–water partition coefficient (Wildman–Crippen LogP) is 4.40. The number of hydrogen-bond acceptors (Lipinski definition) is 7. The molecule has 1 aliphatic rings. The number of carbonyl (C=O) groups excluding carboxylic acids is 3. The summed E-state index contributed by atoms with van der Waals surface area (Å²) in [7, 11) is 1.47. The Bertz CT molecular complexity index is 1070. The van der Waals surface area contributed by atoms with Crippen molar-refractivity contribution in [2.75, 3.05) is 13.7 Å². The highest BCUT2D eigenvalue weighted by atomic mass is 32.2. The SMILES string of the molecule is COc1cc(/C=C2/SC(=O)N(CC(=O)OC(C)C)C2=O)ccc1OCc1cccc(F)c1. The molecule has 0 aliphatic carbocycles. The zero-order chi connectivity index (χ0) is 23.3. The van der Waals surface area contributed by atoms with Crippen LogP contribution in [0.4, 0.5) is 9.18 Å². The first-order valence-electron chi connectivity index (χ1n) is 9.77. The average molecular weight is 459 g/mol. The Balaban J connectivity index is 1.72. The number of esters is 1. The normalized spacial score (nSPS) is 14.9. The maximum absolute atomic E-state index is 13.3. The molecule has 2 amide bonds. The molecule has 2 aromatic carbocycles. The topological polar surface area (TPSA) is 82.1 Å². The predicted molar refractivity (Wildman–Crippen MR) is 118 cm³/mol. The lowest BCUT2D eigenvalue weighted by Crippen LogP contribution is -2.35. The van der Waals surface area contributed by atoms with Crippen LogP contribution in [0, 0.1) is 5.82 Å². The standard InChI is InChI=1S/C23H22FNO6S/c1-14(2)31-21(26)12-25-22(27)20(32-23(25)28)11-15-7-8-18(19(10-15)29-3)30-13-16-5-4-6-17(24)9-16/h4-11,14H,12-13H2,1-3H3/b20-11+. The fraction of sp³-hybridized carbons (Fsp3) is 0.261. The molecule has 0 spiro atoms. The molecule has 3 rings (SSSR count). The van der Waals surface area contributed by atoms with Gasteiger partial charge in [-0.3, -0.25) is 19.3 Å². The number of amides is 2. The molecule has 0 radical (unpaired) electrons. The molecule has 1 saturated heterocycles. The van der Waals surface area contributed by atoms with Crippen LogP contribution in [0.2, 0.25) is 0 Å². The van der Waals surface area contributed by atoms with Gasteiger partial charge in [0.15, 0.2) is 11.5 Å². The van der Waals surface area contributed by atoms with Crippen molar-refractivity contribution in [2.24, 2.45) is 0 Å². The fourth-order valence-corrected chi connectivity index (χ4v) is 3.74. The molecule has 0 aromatic heterocycles. The van der Waals surface area contributed by atoms with Gasteiger partial charge in [-0.2, -0.15) is 0 Å². The van der Waals surface area contributed by atoms with Crippen LogP contribution in [0.15, 0.2) is 47.4 Å². The van der Waals surface area contributed by atoms with E-state index in [1.807, 2.05) is 0 Å². The van der Waals surface area contributed by atoms with E-state index in [-0.39, 0.29) is 23.4 Å². The largest absolute Gasteiger partial charge is 0.493 e. The monoisotopic (exact) mass is 459 g/mol. The minimum absolute atomic E-state index is 0.152. The number of nitrogens with zero attached hydrogens (tertiary/aromatic N) is 1. The number of methoxy groups -OCH3 is 1. The minimum Gasteiger partial charge on any atom is -0.493 e. The molecule has 0 atom stereocenters. The third-order valence-electron chi connectivity index (χ3n) is 4.30. The molecule has 9 heteroatoms. The van der Waals surface area contributed by atoms with Gasteiger partial charge < -0.3 is 14.2 Å². The lowest BCUT2D eigenvalue weighted by atomic mass is 10.1. The summed E-state index contributed by atoms with van der Waals surface area (Å²) >= 11 is 0.747. The smallest absolute Gasteiger partial charge is 0.326 e. The minimum atomic E-state index is -0.648. The molecular formula is C23H22FNO6S.